The van der Waals surface area contributed by atoms with E-state index in [2.05, 4.69) is 21.2 Å². The van der Waals surface area contributed by atoms with Crippen LogP contribution in [0.25, 0.3) is 0 Å². The molecule has 2 aromatic carbocycles. The first-order chi connectivity index (χ1) is 13.4. The Morgan fingerprint density at radius 2 is 2.04 bits per heavy atom. The Bertz CT molecular complexity index is 1000. The average Bonchev–Trinajstić information content (AvgIpc) is 2.99. The lowest BCUT2D eigenvalue weighted by atomic mass is 10.1. The predicted molar refractivity (Wildman–Crippen MR) is 115 cm³/mol. The van der Waals surface area contributed by atoms with Gasteiger partial charge in [0.1, 0.15) is 16.7 Å². The summed E-state index contributed by atoms with van der Waals surface area (Å²) in [6, 6.07) is 16.4. The van der Waals surface area contributed by atoms with Crippen molar-refractivity contribution in [3.05, 3.63) is 74.2 Å². The molecule has 0 saturated carbocycles. The monoisotopic (exact) mass is 475 g/mol. The van der Waals surface area contributed by atoms with Gasteiger partial charge in [-0.15, -0.1) is 0 Å². The summed E-state index contributed by atoms with van der Waals surface area (Å²) in [6.45, 7) is 0. The lowest BCUT2D eigenvalue weighted by Gasteiger charge is -2.18. The molecule has 1 saturated heterocycles. The number of nitriles is 1. The van der Waals surface area contributed by atoms with Gasteiger partial charge in [-0.25, -0.2) is 0 Å². The molecular weight excluding hydrogens is 462 g/mol. The van der Waals surface area contributed by atoms with E-state index in [1.807, 2.05) is 24.3 Å². The summed E-state index contributed by atoms with van der Waals surface area (Å²) in [5.74, 6) is -0.706. The highest BCUT2D eigenvalue weighted by atomic mass is 79.9. The van der Waals surface area contributed by atoms with E-state index in [4.69, 9.17) is 11.6 Å². The van der Waals surface area contributed by atoms with Crippen LogP contribution in [0, 0.1) is 11.3 Å². The summed E-state index contributed by atoms with van der Waals surface area (Å²) >= 11 is 10.7. The summed E-state index contributed by atoms with van der Waals surface area (Å²) in [7, 11) is 1.45. The van der Waals surface area contributed by atoms with Gasteiger partial charge in [-0.3, -0.25) is 14.5 Å². The topological polar surface area (TPSA) is 73.2 Å². The maximum Gasteiger partial charge on any atom is 0.264 e. The zero-order valence-corrected chi connectivity index (χ0v) is 17.9. The van der Waals surface area contributed by atoms with Crippen molar-refractivity contribution >= 4 is 56.8 Å². The smallest absolute Gasteiger partial charge is 0.264 e. The Morgan fingerprint density at radius 3 is 2.64 bits per heavy atom. The van der Waals surface area contributed by atoms with Crippen molar-refractivity contribution in [2.24, 2.45) is 0 Å². The van der Waals surface area contributed by atoms with Crippen LogP contribution in [-0.2, 0) is 16.0 Å². The second-order valence-electron chi connectivity index (χ2n) is 5.96. The maximum absolute atomic E-state index is 13.2. The van der Waals surface area contributed by atoms with Crippen molar-refractivity contribution in [3.63, 3.8) is 0 Å². The SMILES string of the molecule is CNC(=O)/C(C#N)=C1\S[C@H](Cc2cccc(Cl)c2)C(=O)N1c1ccc(Br)cc1. The van der Waals surface area contributed by atoms with Crippen LogP contribution in [-0.4, -0.2) is 24.1 Å². The van der Waals surface area contributed by atoms with Gasteiger partial charge in [0.05, 0.1) is 5.25 Å². The van der Waals surface area contributed by atoms with E-state index in [0.29, 0.717) is 22.2 Å². The third-order valence-corrected chi connectivity index (χ3v) is 6.15. The van der Waals surface area contributed by atoms with Gasteiger partial charge >= 0.3 is 0 Å². The molecule has 1 N–H and O–H groups in total. The quantitative estimate of drug-likeness (QED) is 0.528. The molecule has 0 unspecified atom stereocenters. The molecule has 2 aromatic rings. The molecule has 8 heteroatoms. The van der Waals surface area contributed by atoms with Crippen LogP contribution in [0.3, 0.4) is 0 Å². The summed E-state index contributed by atoms with van der Waals surface area (Å²) in [5.41, 5.74) is 1.42. The standard InChI is InChI=1S/C20H15BrClN3O2S/c1-24-18(26)16(11-23)20-25(15-7-5-13(21)6-8-15)19(27)17(28-20)10-12-3-2-4-14(22)9-12/h2-9,17H,10H2,1H3,(H,24,26)/b20-16-/t17-/m1/s1. The molecule has 1 aliphatic rings. The van der Waals surface area contributed by atoms with Gasteiger partial charge in [0.2, 0.25) is 5.91 Å². The molecule has 1 fully saturated rings. The van der Waals surface area contributed by atoms with Gasteiger partial charge in [-0.2, -0.15) is 5.26 Å². The first-order valence-electron chi connectivity index (χ1n) is 8.31. The number of hydrogen-bond donors (Lipinski definition) is 1. The summed E-state index contributed by atoms with van der Waals surface area (Å²) in [6.07, 6.45) is 0.438. The minimum atomic E-state index is -0.525. The lowest BCUT2D eigenvalue weighted by Crippen LogP contribution is -2.31. The van der Waals surface area contributed by atoms with Crippen LogP contribution in [0.4, 0.5) is 5.69 Å². The van der Waals surface area contributed by atoms with Crippen LogP contribution < -0.4 is 10.2 Å². The Kier molecular flexibility index (Phi) is 6.45. The summed E-state index contributed by atoms with van der Waals surface area (Å²) in [4.78, 5) is 26.9. The highest BCUT2D eigenvalue weighted by Gasteiger charge is 2.40. The molecular formula is C20H15BrClN3O2S. The fourth-order valence-corrected chi connectivity index (χ4v) is 4.60. The molecule has 1 atom stereocenters. The Labute approximate surface area is 180 Å². The summed E-state index contributed by atoms with van der Waals surface area (Å²) < 4.78 is 0.864. The number of anilines is 1. The van der Waals surface area contributed by atoms with Crippen LogP contribution in [0.1, 0.15) is 5.56 Å². The molecule has 28 heavy (non-hydrogen) atoms. The highest BCUT2D eigenvalue weighted by molar-refractivity contribution is 9.10. The van der Waals surface area contributed by atoms with E-state index >= 15 is 0 Å². The minimum Gasteiger partial charge on any atom is -0.354 e. The van der Waals surface area contributed by atoms with Gasteiger partial charge in [0.25, 0.3) is 5.91 Å². The normalized spacial score (nSPS) is 18.0. The zero-order valence-electron chi connectivity index (χ0n) is 14.8. The van der Waals surface area contributed by atoms with E-state index in [1.54, 1.807) is 30.3 Å². The van der Waals surface area contributed by atoms with Crippen molar-refractivity contribution in [3.8, 4) is 6.07 Å². The number of thioether (sulfide) groups is 1. The molecule has 0 bridgehead atoms. The van der Waals surface area contributed by atoms with Crippen molar-refractivity contribution in [2.45, 2.75) is 11.7 Å². The van der Waals surface area contributed by atoms with Crippen LogP contribution >= 0.6 is 39.3 Å². The number of amides is 2. The Hall–Kier alpha value is -2.27. The molecule has 1 heterocycles. The number of carbonyl (C=O) groups excluding carboxylic acids is 2. The number of rotatable bonds is 4. The van der Waals surface area contributed by atoms with E-state index in [-0.39, 0.29) is 11.5 Å². The number of nitrogens with zero attached hydrogens (tertiary/aromatic N) is 2. The van der Waals surface area contributed by atoms with E-state index in [9.17, 15) is 14.9 Å². The zero-order chi connectivity index (χ0) is 20.3. The Balaban J connectivity index is 2.04. The van der Waals surface area contributed by atoms with Gasteiger partial charge in [0, 0.05) is 22.2 Å². The van der Waals surface area contributed by atoms with E-state index in [0.717, 1.165) is 10.0 Å². The number of carbonyl (C=O) groups is 2. The third kappa shape index (κ3) is 4.25. The molecule has 2 amide bonds. The van der Waals surface area contributed by atoms with Crippen LogP contribution in [0.15, 0.2) is 63.6 Å². The average molecular weight is 477 g/mol. The van der Waals surface area contributed by atoms with Gasteiger partial charge in [-0.1, -0.05) is 51.4 Å². The number of nitrogens with one attached hydrogen (secondary N) is 1. The maximum atomic E-state index is 13.2. The second-order valence-corrected chi connectivity index (χ2v) is 8.51. The molecule has 5 nitrogen and oxygen atoms in total. The fourth-order valence-electron chi connectivity index (χ4n) is 2.82. The van der Waals surface area contributed by atoms with Gasteiger partial charge in [0.15, 0.2) is 0 Å². The molecule has 0 aliphatic carbocycles. The molecule has 3 rings (SSSR count). The molecule has 0 spiro atoms. The first kappa shape index (κ1) is 20.5. The number of likely N-dealkylation sites (N-methyl/N-ethyl adjacent to an activating group) is 1. The van der Waals surface area contributed by atoms with Crippen molar-refractivity contribution in [1.29, 1.82) is 5.26 Å². The van der Waals surface area contributed by atoms with Crippen molar-refractivity contribution in [1.82, 2.24) is 5.32 Å². The largest absolute Gasteiger partial charge is 0.354 e. The van der Waals surface area contributed by atoms with E-state index in [1.165, 1.54) is 23.7 Å². The first-order valence-corrected chi connectivity index (χ1v) is 10.4. The number of hydrogen-bond acceptors (Lipinski definition) is 4. The molecule has 1 aliphatic heterocycles. The number of benzene rings is 2. The van der Waals surface area contributed by atoms with Gasteiger partial charge in [-0.05, 0) is 48.4 Å². The third-order valence-electron chi connectivity index (χ3n) is 4.13. The molecule has 142 valence electrons. The van der Waals surface area contributed by atoms with Crippen molar-refractivity contribution < 1.29 is 9.59 Å². The predicted octanol–water partition coefficient (Wildman–Crippen LogP) is 4.27. The van der Waals surface area contributed by atoms with E-state index < -0.39 is 11.2 Å². The highest BCUT2D eigenvalue weighted by Crippen LogP contribution is 2.42. The minimum absolute atomic E-state index is 0.0858. The van der Waals surface area contributed by atoms with Crippen LogP contribution in [0.5, 0.6) is 0 Å². The number of halogens is 2. The van der Waals surface area contributed by atoms with Crippen LogP contribution in [0.2, 0.25) is 5.02 Å². The van der Waals surface area contributed by atoms with Gasteiger partial charge < -0.3 is 5.32 Å². The summed E-state index contributed by atoms with van der Waals surface area (Å²) in [5, 5.41) is 12.5. The fraction of sp³-hybridized carbons (Fsp3) is 0.150. The lowest BCUT2D eigenvalue weighted by molar-refractivity contribution is -0.117. The molecule has 0 radical (unpaired) electrons. The van der Waals surface area contributed by atoms with Crippen molar-refractivity contribution in [2.75, 3.05) is 11.9 Å². The second kappa shape index (κ2) is 8.82. The molecule has 0 aromatic heterocycles. The Morgan fingerprint density at radius 1 is 1.32 bits per heavy atom.